The first-order valence-electron chi connectivity index (χ1n) is 11.5. The fourth-order valence-corrected chi connectivity index (χ4v) is 4.94. The van der Waals surface area contributed by atoms with Crippen LogP contribution in [-0.4, -0.2) is 33.8 Å². The van der Waals surface area contributed by atoms with Crippen molar-refractivity contribution in [1.82, 2.24) is 9.88 Å². The van der Waals surface area contributed by atoms with E-state index in [0.29, 0.717) is 17.0 Å². The number of aryl methyl sites for hydroxylation is 2. The van der Waals surface area contributed by atoms with E-state index in [9.17, 15) is 14.7 Å². The molecule has 0 radical (unpaired) electrons. The summed E-state index contributed by atoms with van der Waals surface area (Å²) >= 11 is 0. The number of pyridine rings is 1. The molecule has 2 heterocycles. The molecule has 2 aromatic carbocycles. The fraction of sp³-hybridized carbons (Fsp3) is 0.250. The quantitative estimate of drug-likeness (QED) is 0.347. The van der Waals surface area contributed by atoms with Crippen LogP contribution in [0.2, 0.25) is 0 Å². The van der Waals surface area contributed by atoms with Gasteiger partial charge < -0.3 is 14.7 Å². The van der Waals surface area contributed by atoms with Crippen LogP contribution in [0.25, 0.3) is 5.76 Å². The van der Waals surface area contributed by atoms with Crippen LogP contribution in [0.15, 0.2) is 72.4 Å². The average Bonchev–Trinajstić information content (AvgIpc) is 3.13. The first-order valence-corrected chi connectivity index (χ1v) is 11.5. The van der Waals surface area contributed by atoms with Crippen LogP contribution in [-0.2, 0) is 29.0 Å². The predicted molar refractivity (Wildman–Crippen MR) is 128 cm³/mol. The number of ether oxygens (including phenoxy) is 1. The molecule has 172 valence electrons. The number of amides is 1. The van der Waals surface area contributed by atoms with Crippen molar-refractivity contribution in [3.8, 4) is 5.75 Å². The lowest BCUT2D eigenvalue weighted by atomic mass is 9.89. The highest BCUT2D eigenvalue weighted by Crippen LogP contribution is 2.40. The SMILES string of the molecule is COc1ccccc1CN1C(=O)C(=O)/C(=C(\O)c2ccc3c(c2)CCCC3)C1c1ccccn1. The summed E-state index contributed by atoms with van der Waals surface area (Å²) in [4.78, 5) is 32.4. The zero-order valence-corrected chi connectivity index (χ0v) is 19.0. The maximum Gasteiger partial charge on any atom is 0.296 e. The number of aliphatic hydroxyl groups is 1. The summed E-state index contributed by atoms with van der Waals surface area (Å²) < 4.78 is 5.46. The van der Waals surface area contributed by atoms with Crippen molar-refractivity contribution < 1.29 is 19.4 Å². The molecule has 1 unspecified atom stereocenters. The number of hydrogen-bond acceptors (Lipinski definition) is 5. The monoisotopic (exact) mass is 454 g/mol. The van der Waals surface area contributed by atoms with Crippen LogP contribution in [0.4, 0.5) is 0 Å². The highest BCUT2D eigenvalue weighted by atomic mass is 16.5. The van der Waals surface area contributed by atoms with E-state index in [1.807, 2.05) is 48.5 Å². The van der Waals surface area contributed by atoms with E-state index in [4.69, 9.17) is 4.74 Å². The maximum atomic E-state index is 13.3. The molecule has 1 aliphatic heterocycles. The number of carbonyl (C=O) groups excluding carboxylic acids is 2. The number of methoxy groups -OCH3 is 1. The molecule has 1 N–H and O–H groups in total. The second-order valence-corrected chi connectivity index (χ2v) is 8.68. The van der Waals surface area contributed by atoms with Gasteiger partial charge in [0.15, 0.2) is 0 Å². The van der Waals surface area contributed by atoms with Gasteiger partial charge in [-0.3, -0.25) is 14.6 Å². The second kappa shape index (κ2) is 9.14. The Kier molecular flexibility index (Phi) is 5.88. The summed E-state index contributed by atoms with van der Waals surface area (Å²) in [6.45, 7) is 0.150. The lowest BCUT2D eigenvalue weighted by Crippen LogP contribution is -2.29. The van der Waals surface area contributed by atoms with Crippen molar-refractivity contribution in [2.24, 2.45) is 0 Å². The Bertz CT molecular complexity index is 1280. The minimum atomic E-state index is -0.804. The molecular weight excluding hydrogens is 428 g/mol. The van der Waals surface area contributed by atoms with Gasteiger partial charge in [-0.1, -0.05) is 36.4 Å². The van der Waals surface area contributed by atoms with E-state index in [0.717, 1.165) is 31.2 Å². The number of hydrogen-bond donors (Lipinski definition) is 1. The van der Waals surface area contributed by atoms with E-state index >= 15 is 0 Å². The van der Waals surface area contributed by atoms with Gasteiger partial charge in [0, 0.05) is 17.3 Å². The normalized spacial score (nSPS) is 19.2. The Morgan fingerprint density at radius 1 is 1.03 bits per heavy atom. The lowest BCUT2D eigenvalue weighted by Gasteiger charge is -2.25. The number of aromatic nitrogens is 1. The molecule has 1 atom stereocenters. The summed E-state index contributed by atoms with van der Waals surface area (Å²) in [5, 5.41) is 11.4. The van der Waals surface area contributed by atoms with Crippen LogP contribution >= 0.6 is 0 Å². The lowest BCUT2D eigenvalue weighted by molar-refractivity contribution is -0.140. The topological polar surface area (TPSA) is 79.7 Å². The van der Waals surface area contributed by atoms with Gasteiger partial charge in [0.25, 0.3) is 11.7 Å². The van der Waals surface area contributed by atoms with Crippen LogP contribution in [0.5, 0.6) is 5.75 Å². The molecule has 2 aliphatic rings. The van der Waals surface area contributed by atoms with Gasteiger partial charge in [0.05, 0.1) is 24.9 Å². The number of aliphatic hydroxyl groups excluding tert-OH is 1. The molecule has 0 saturated carbocycles. The highest BCUT2D eigenvalue weighted by Gasteiger charge is 2.47. The molecule has 1 amide bonds. The summed E-state index contributed by atoms with van der Waals surface area (Å²) in [5.41, 5.74) is 4.37. The molecule has 3 aromatic rings. The van der Waals surface area contributed by atoms with Gasteiger partial charge >= 0.3 is 0 Å². The van der Waals surface area contributed by atoms with Crippen LogP contribution < -0.4 is 4.74 Å². The van der Waals surface area contributed by atoms with E-state index < -0.39 is 17.7 Å². The number of rotatable bonds is 5. The van der Waals surface area contributed by atoms with Gasteiger partial charge in [-0.25, -0.2) is 0 Å². The molecule has 6 nitrogen and oxygen atoms in total. The molecule has 1 aromatic heterocycles. The summed E-state index contributed by atoms with van der Waals surface area (Å²) in [6.07, 6.45) is 5.85. The zero-order chi connectivity index (χ0) is 23.7. The minimum Gasteiger partial charge on any atom is -0.507 e. The van der Waals surface area contributed by atoms with E-state index in [2.05, 4.69) is 4.98 Å². The molecule has 1 saturated heterocycles. The molecule has 0 bridgehead atoms. The molecule has 0 spiro atoms. The summed E-state index contributed by atoms with van der Waals surface area (Å²) in [7, 11) is 1.57. The van der Waals surface area contributed by atoms with Crippen molar-refractivity contribution in [1.29, 1.82) is 0 Å². The predicted octanol–water partition coefficient (Wildman–Crippen LogP) is 4.59. The average molecular weight is 455 g/mol. The highest BCUT2D eigenvalue weighted by molar-refractivity contribution is 6.46. The molecule has 1 aliphatic carbocycles. The smallest absolute Gasteiger partial charge is 0.296 e. The van der Waals surface area contributed by atoms with Crippen LogP contribution in [0.1, 0.15) is 46.8 Å². The van der Waals surface area contributed by atoms with Crippen molar-refractivity contribution >= 4 is 17.4 Å². The number of fused-ring (bicyclic) bond motifs is 1. The van der Waals surface area contributed by atoms with Crippen molar-refractivity contribution in [3.05, 3.63) is 100 Å². The zero-order valence-electron chi connectivity index (χ0n) is 19.0. The van der Waals surface area contributed by atoms with Gasteiger partial charge in [-0.05, 0) is 61.1 Å². The first-order chi connectivity index (χ1) is 16.6. The third-order valence-electron chi connectivity index (χ3n) is 6.66. The van der Waals surface area contributed by atoms with E-state index in [1.165, 1.54) is 16.0 Å². The van der Waals surface area contributed by atoms with Crippen molar-refractivity contribution in [2.75, 3.05) is 7.11 Å². The minimum absolute atomic E-state index is 0.0642. The Morgan fingerprint density at radius 2 is 1.79 bits per heavy atom. The van der Waals surface area contributed by atoms with Gasteiger partial charge in [-0.2, -0.15) is 0 Å². The third kappa shape index (κ3) is 3.85. The molecule has 5 rings (SSSR count). The standard InChI is InChI=1S/C28H26N2O4/c1-34-23-12-5-4-10-21(23)17-30-25(22-11-6-7-15-29-22)24(27(32)28(30)33)26(31)20-14-13-18-8-2-3-9-19(18)16-20/h4-7,10-16,25,31H,2-3,8-9,17H2,1H3/b26-24-. The Morgan fingerprint density at radius 3 is 2.56 bits per heavy atom. The Hall–Kier alpha value is -3.93. The Balaban J connectivity index is 1.62. The number of para-hydroxylation sites is 1. The molecular formula is C28H26N2O4. The van der Waals surface area contributed by atoms with E-state index in [-0.39, 0.29) is 17.9 Å². The van der Waals surface area contributed by atoms with Crippen molar-refractivity contribution in [3.63, 3.8) is 0 Å². The second-order valence-electron chi connectivity index (χ2n) is 8.68. The van der Waals surface area contributed by atoms with Crippen molar-refractivity contribution in [2.45, 2.75) is 38.3 Å². The number of nitrogens with zero attached hydrogens (tertiary/aromatic N) is 2. The largest absolute Gasteiger partial charge is 0.507 e. The Labute approximate surface area is 198 Å². The number of likely N-dealkylation sites (tertiary alicyclic amines) is 1. The van der Waals surface area contributed by atoms with Crippen LogP contribution in [0, 0.1) is 0 Å². The number of Topliss-reactive ketones (excluding diaryl/α,β-unsaturated/α-hetero) is 1. The fourth-order valence-electron chi connectivity index (χ4n) is 4.94. The van der Waals surface area contributed by atoms with Gasteiger partial charge in [0.2, 0.25) is 0 Å². The molecule has 34 heavy (non-hydrogen) atoms. The summed E-state index contributed by atoms with van der Waals surface area (Å²) in [6, 6.07) is 17.7. The third-order valence-corrected chi connectivity index (χ3v) is 6.66. The van der Waals surface area contributed by atoms with E-state index in [1.54, 1.807) is 25.4 Å². The van der Waals surface area contributed by atoms with Gasteiger partial charge in [-0.15, -0.1) is 0 Å². The molecule has 6 heteroatoms. The summed E-state index contributed by atoms with van der Waals surface area (Å²) in [5.74, 6) is -0.911. The van der Waals surface area contributed by atoms with Gasteiger partial charge in [0.1, 0.15) is 17.6 Å². The first kappa shape index (κ1) is 21.9. The number of carbonyl (C=O) groups is 2. The number of benzene rings is 2. The van der Waals surface area contributed by atoms with Crippen LogP contribution in [0.3, 0.4) is 0 Å². The number of ketones is 1. The molecule has 1 fully saturated rings. The maximum absolute atomic E-state index is 13.3.